The molecule has 1 aromatic carbocycles. The summed E-state index contributed by atoms with van der Waals surface area (Å²) < 4.78 is 11.1. The Bertz CT molecular complexity index is 616. The number of amides is 1. The van der Waals surface area contributed by atoms with Crippen molar-refractivity contribution in [3.8, 4) is 0 Å². The minimum Gasteiger partial charge on any atom is -0.469 e. The smallest absolute Gasteiger partial charge is 0.311 e. The summed E-state index contributed by atoms with van der Waals surface area (Å²) in [5, 5.41) is 0. The maximum Gasteiger partial charge on any atom is 0.311 e. The summed E-state index contributed by atoms with van der Waals surface area (Å²) in [7, 11) is 1.35. The van der Waals surface area contributed by atoms with E-state index in [2.05, 4.69) is 20.8 Å². The van der Waals surface area contributed by atoms with Crippen LogP contribution < -0.4 is 9.80 Å². The monoisotopic (exact) mass is 382 g/mol. The zero-order valence-electron chi connectivity index (χ0n) is 13.0. The molecule has 124 valence electrons. The molecule has 2 aliphatic heterocycles. The van der Waals surface area contributed by atoms with E-state index in [1.807, 2.05) is 18.2 Å². The lowest BCUT2D eigenvalue weighted by Gasteiger charge is -2.30. The fourth-order valence-electron chi connectivity index (χ4n) is 3.01. The largest absolute Gasteiger partial charge is 0.469 e. The third-order valence-electron chi connectivity index (χ3n) is 4.25. The molecule has 0 bridgehead atoms. The van der Waals surface area contributed by atoms with Gasteiger partial charge in [-0.05, 0) is 34.1 Å². The summed E-state index contributed by atoms with van der Waals surface area (Å²) in [5.41, 5.74) is 1.89. The van der Waals surface area contributed by atoms with Crippen molar-refractivity contribution in [1.82, 2.24) is 0 Å². The molecule has 2 aliphatic rings. The van der Waals surface area contributed by atoms with Crippen molar-refractivity contribution >= 4 is 39.2 Å². The van der Waals surface area contributed by atoms with Crippen LogP contribution in [0.5, 0.6) is 0 Å². The number of methoxy groups -OCH3 is 1. The van der Waals surface area contributed by atoms with Gasteiger partial charge >= 0.3 is 5.97 Å². The maximum atomic E-state index is 12.2. The van der Waals surface area contributed by atoms with Gasteiger partial charge in [0.2, 0.25) is 5.91 Å². The average Bonchev–Trinajstić information content (AvgIpc) is 2.96. The second-order valence-electron chi connectivity index (χ2n) is 5.66. The van der Waals surface area contributed by atoms with Crippen molar-refractivity contribution < 1.29 is 19.1 Å². The number of esters is 1. The zero-order valence-corrected chi connectivity index (χ0v) is 14.5. The Morgan fingerprint density at radius 3 is 2.74 bits per heavy atom. The van der Waals surface area contributed by atoms with Gasteiger partial charge in [0.1, 0.15) is 0 Å². The summed E-state index contributed by atoms with van der Waals surface area (Å²) >= 11 is 3.60. The molecule has 0 saturated carbocycles. The lowest BCUT2D eigenvalue weighted by molar-refractivity contribution is -0.145. The molecule has 0 N–H and O–H groups in total. The van der Waals surface area contributed by atoms with Crippen LogP contribution in [-0.2, 0) is 19.1 Å². The van der Waals surface area contributed by atoms with E-state index in [0.717, 1.165) is 42.2 Å². The van der Waals surface area contributed by atoms with E-state index in [0.29, 0.717) is 6.54 Å². The molecule has 2 saturated heterocycles. The number of anilines is 2. The first-order chi connectivity index (χ1) is 11.1. The Hall–Kier alpha value is -1.60. The molecule has 0 unspecified atom stereocenters. The van der Waals surface area contributed by atoms with Gasteiger partial charge in [-0.15, -0.1) is 0 Å². The number of ether oxygens (including phenoxy) is 2. The second kappa shape index (κ2) is 6.88. The van der Waals surface area contributed by atoms with Crippen LogP contribution in [0.1, 0.15) is 6.42 Å². The van der Waals surface area contributed by atoms with Gasteiger partial charge < -0.3 is 19.3 Å². The van der Waals surface area contributed by atoms with Crippen LogP contribution in [0.3, 0.4) is 0 Å². The van der Waals surface area contributed by atoms with Crippen molar-refractivity contribution in [2.45, 2.75) is 6.42 Å². The molecule has 0 spiro atoms. The second-order valence-corrected chi connectivity index (χ2v) is 6.52. The zero-order chi connectivity index (χ0) is 16.4. The summed E-state index contributed by atoms with van der Waals surface area (Å²) in [6.07, 6.45) is 0.204. The lowest BCUT2D eigenvalue weighted by Crippen LogP contribution is -2.36. The van der Waals surface area contributed by atoms with Crippen LogP contribution in [0, 0.1) is 5.92 Å². The van der Waals surface area contributed by atoms with Gasteiger partial charge in [0.05, 0.1) is 31.9 Å². The number of hydrogen-bond donors (Lipinski definition) is 0. The van der Waals surface area contributed by atoms with Crippen LogP contribution in [0.4, 0.5) is 11.4 Å². The third kappa shape index (κ3) is 3.35. The van der Waals surface area contributed by atoms with Gasteiger partial charge in [0.15, 0.2) is 0 Å². The fraction of sp³-hybridized carbons (Fsp3) is 0.500. The van der Waals surface area contributed by atoms with E-state index in [4.69, 9.17) is 9.47 Å². The number of carbonyl (C=O) groups is 2. The van der Waals surface area contributed by atoms with Gasteiger partial charge in [0, 0.05) is 36.2 Å². The van der Waals surface area contributed by atoms with E-state index in [-0.39, 0.29) is 24.2 Å². The number of hydrogen-bond acceptors (Lipinski definition) is 5. The first-order valence-electron chi connectivity index (χ1n) is 7.60. The number of benzene rings is 1. The predicted octanol–water partition coefficient (Wildman–Crippen LogP) is 1.81. The summed E-state index contributed by atoms with van der Waals surface area (Å²) in [5.74, 6) is -0.763. The van der Waals surface area contributed by atoms with Crippen LogP contribution >= 0.6 is 15.9 Å². The molecule has 0 radical (unpaired) electrons. The van der Waals surface area contributed by atoms with E-state index >= 15 is 0 Å². The molecule has 2 fully saturated rings. The van der Waals surface area contributed by atoms with Crippen molar-refractivity contribution in [3.63, 3.8) is 0 Å². The molecule has 0 aliphatic carbocycles. The fourth-order valence-corrected chi connectivity index (χ4v) is 3.62. The van der Waals surface area contributed by atoms with E-state index in [1.165, 1.54) is 7.11 Å². The highest BCUT2D eigenvalue weighted by Crippen LogP contribution is 2.33. The first kappa shape index (κ1) is 16.3. The van der Waals surface area contributed by atoms with Crippen molar-refractivity contribution in [1.29, 1.82) is 0 Å². The van der Waals surface area contributed by atoms with Gasteiger partial charge in [-0.3, -0.25) is 9.59 Å². The molecular weight excluding hydrogens is 364 g/mol. The molecule has 7 heteroatoms. The lowest BCUT2D eigenvalue weighted by atomic mass is 10.1. The summed E-state index contributed by atoms with van der Waals surface area (Å²) in [4.78, 5) is 27.7. The van der Waals surface area contributed by atoms with Crippen LogP contribution in [0.2, 0.25) is 0 Å². The molecule has 2 heterocycles. The number of morpholine rings is 1. The third-order valence-corrected chi connectivity index (χ3v) is 4.89. The molecule has 6 nitrogen and oxygen atoms in total. The minimum absolute atomic E-state index is 0.0496. The Morgan fingerprint density at radius 2 is 2.09 bits per heavy atom. The highest BCUT2D eigenvalue weighted by atomic mass is 79.9. The molecule has 0 aromatic heterocycles. The van der Waals surface area contributed by atoms with Crippen LogP contribution in [-0.4, -0.2) is 51.8 Å². The average molecular weight is 383 g/mol. The summed E-state index contributed by atoms with van der Waals surface area (Å²) in [6.45, 7) is 3.52. The topological polar surface area (TPSA) is 59.1 Å². The standard InChI is InChI=1S/C16H19BrN2O4/c1-22-16(21)11-8-15(20)19(10-11)12-2-3-14(13(17)9-12)18-4-6-23-7-5-18/h2-3,9,11H,4-8,10H2,1H3/t11-/m0/s1. The molecule has 1 atom stereocenters. The maximum absolute atomic E-state index is 12.2. The van der Waals surface area contributed by atoms with Gasteiger partial charge in [-0.25, -0.2) is 0 Å². The Morgan fingerprint density at radius 1 is 1.35 bits per heavy atom. The van der Waals surface area contributed by atoms with Crippen LogP contribution in [0.25, 0.3) is 0 Å². The first-order valence-corrected chi connectivity index (χ1v) is 8.40. The molecule has 1 aromatic rings. The van der Waals surface area contributed by atoms with E-state index in [9.17, 15) is 9.59 Å². The predicted molar refractivity (Wildman–Crippen MR) is 89.7 cm³/mol. The Labute approximate surface area is 143 Å². The highest BCUT2D eigenvalue weighted by Gasteiger charge is 2.36. The Balaban J connectivity index is 1.77. The molecule has 3 rings (SSSR count). The van der Waals surface area contributed by atoms with Gasteiger partial charge in [-0.2, -0.15) is 0 Å². The highest BCUT2D eigenvalue weighted by molar-refractivity contribution is 9.10. The molecule has 1 amide bonds. The number of halogens is 1. The molecule has 23 heavy (non-hydrogen) atoms. The van der Waals surface area contributed by atoms with E-state index < -0.39 is 0 Å². The molecular formula is C16H19BrN2O4. The van der Waals surface area contributed by atoms with Gasteiger partial charge in [-0.1, -0.05) is 0 Å². The quantitative estimate of drug-likeness (QED) is 0.746. The number of nitrogens with zero attached hydrogens (tertiary/aromatic N) is 2. The van der Waals surface area contributed by atoms with Crippen LogP contribution in [0.15, 0.2) is 22.7 Å². The minimum atomic E-state index is -0.384. The van der Waals surface area contributed by atoms with Crippen molar-refractivity contribution in [3.05, 3.63) is 22.7 Å². The SMILES string of the molecule is COC(=O)[C@H]1CC(=O)N(c2ccc(N3CCOCC3)c(Br)c2)C1. The van der Waals surface area contributed by atoms with Gasteiger partial charge in [0.25, 0.3) is 0 Å². The number of rotatable bonds is 3. The Kier molecular flexibility index (Phi) is 4.87. The summed E-state index contributed by atoms with van der Waals surface area (Å²) in [6, 6.07) is 5.86. The normalized spacial score (nSPS) is 21.7. The van der Waals surface area contributed by atoms with Crippen molar-refractivity contribution in [2.24, 2.45) is 5.92 Å². The number of carbonyl (C=O) groups excluding carboxylic acids is 2. The van der Waals surface area contributed by atoms with E-state index in [1.54, 1.807) is 4.90 Å². The van der Waals surface area contributed by atoms with Crippen molar-refractivity contribution in [2.75, 3.05) is 49.8 Å².